The zero-order valence-electron chi connectivity index (χ0n) is 10.2. The van der Waals surface area contributed by atoms with Gasteiger partial charge in [-0.1, -0.05) is 0 Å². The number of aliphatic imine (C=N–C) groups is 1. The van der Waals surface area contributed by atoms with Gasteiger partial charge in [-0.15, -0.1) is 0 Å². The third kappa shape index (κ3) is 3.35. The van der Waals surface area contributed by atoms with Crippen molar-refractivity contribution in [3.05, 3.63) is 0 Å². The van der Waals surface area contributed by atoms with Gasteiger partial charge in [-0.3, -0.25) is 15.3 Å². The van der Waals surface area contributed by atoms with Gasteiger partial charge >= 0.3 is 0 Å². The molecule has 0 aliphatic heterocycles. The summed E-state index contributed by atoms with van der Waals surface area (Å²) in [6.07, 6.45) is 5.15. The van der Waals surface area contributed by atoms with Crippen LogP contribution in [0.1, 0.15) is 32.6 Å². The Morgan fingerprint density at radius 2 is 2.12 bits per heavy atom. The molecule has 5 heteroatoms. The van der Waals surface area contributed by atoms with E-state index in [1.165, 1.54) is 25.7 Å². The molecule has 0 bridgehead atoms. The molecule has 1 atom stereocenters. The highest BCUT2D eigenvalue weighted by Gasteiger charge is 2.29. The molecule has 0 aromatic carbocycles. The molecule has 16 heavy (non-hydrogen) atoms. The van der Waals surface area contributed by atoms with Crippen LogP contribution < -0.4 is 16.6 Å². The van der Waals surface area contributed by atoms with Crippen molar-refractivity contribution in [2.45, 2.75) is 50.7 Å². The molecular formula is C11H23N5. The number of likely N-dealkylation sites (N-methyl/N-ethyl adjacent to an activating group) is 1. The van der Waals surface area contributed by atoms with Gasteiger partial charge in [-0.2, -0.15) is 0 Å². The first-order valence-electron chi connectivity index (χ1n) is 6.20. The van der Waals surface area contributed by atoms with E-state index in [0.717, 1.165) is 18.5 Å². The van der Waals surface area contributed by atoms with Gasteiger partial charge in [0, 0.05) is 18.1 Å². The van der Waals surface area contributed by atoms with Crippen molar-refractivity contribution in [3.63, 3.8) is 0 Å². The summed E-state index contributed by atoms with van der Waals surface area (Å²) in [6.45, 7) is 3.01. The molecule has 0 saturated heterocycles. The van der Waals surface area contributed by atoms with E-state index >= 15 is 0 Å². The van der Waals surface area contributed by atoms with Crippen molar-refractivity contribution in [1.29, 1.82) is 0 Å². The third-order valence-corrected chi connectivity index (χ3v) is 3.39. The second-order valence-corrected chi connectivity index (χ2v) is 5.00. The predicted molar refractivity (Wildman–Crippen MR) is 66.0 cm³/mol. The number of nitrogens with two attached hydrogens (primary N) is 1. The summed E-state index contributed by atoms with van der Waals surface area (Å²) in [5.41, 5.74) is 2.63. The molecule has 0 aromatic rings. The predicted octanol–water partition coefficient (Wildman–Crippen LogP) is 0.0404. The quantitative estimate of drug-likeness (QED) is 0.267. The van der Waals surface area contributed by atoms with E-state index in [9.17, 15) is 0 Å². The number of hydrazine groups is 1. The van der Waals surface area contributed by atoms with Crippen LogP contribution in [0.15, 0.2) is 4.99 Å². The lowest BCUT2D eigenvalue weighted by molar-refractivity contribution is 0.253. The van der Waals surface area contributed by atoms with Crippen LogP contribution in [0.25, 0.3) is 0 Å². The maximum absolute atomic E-state index is 5.43. The highest BCUT2D eigenvalue weighted by atomic mass is 15.3. The summed E-state index contributed by atoms with van der Waals surface area (Å²) in [4.78, 5) is 6.89. The standard InChI is InChI=1S/C11H23N5/c1-8(16(2)10-5-6-10)7-13-11(15-12)14-9-3-4-9/h8-10H,3-7,12H2,1-2H3,(H2,13,14,15). The average molecular weight is 225 g/mol. The Bertz CT molecular complexity index is 257. The first kappa shape index (κ1) is 11.7. The molecule has 0 spiro atoms. The number of guanidine groups is 1. The molecule has 92 valence electrons. The molecular weight excluding hydrogens is 202 g/mol. The van der Waals surface area contributed by atoms with Gasteiger partial charge < -0.3 is 5.32 Å². The normalized spacial score (nSPS) is 23.4. The minimum atomic E-state index is 0.483. The molecule has 2 aliphatic rings. The summed E-state index contributed by atoms with van der Waals surface area (Å²) < 4.78 is 0. The average Bonchev–Trinajstić information content (AvgIpc) is 3.15. The van der Waals surface area contributed by atoms with Crippen molar-refractivity contribution in [3.8, 4) is 0 Å². The fourth-order valence-corrected chi connectivity index (χ4v) is 1.75. The second kappa shape index (κ2) is 5.01. The molecule has 5 nitrogen and oxygen atoms in total. The fourth-order valence-electron chi connectivity index (χ4n) is 1.75. The van der Waals surface area contributed by atoms with Crippen LogP contribution in [-0.2, 0) is 0 Å². The van der Waals surface area contributed by atoms with E-state index < -0.39 is 0 Å². The van der Waals surface area contributed by atoms with Crippen molar-refractivity contribution < 1.29 is 0 Å². The Labute approximate surface area is 97.4 Å². The lowest BCUT2D eigenvalue weighted by Crippen LogP contribution is -2.43. The summed E-state index contributed by atoms with van der Waals surface area (Å²) in [7, 11) is 2.18. The van der Waals surface area contributed by atoms with E-state index in [4.69, 9.17) is 5.84 Å². The lowest BCUT2D eigenvalue weighted by atomic mass is 10.3. The summed E-state index contributed by atoms with van der Waals surface area (Å²) in [6, 6.07) is 1.86. The highest BCUT2D eigenvalue weighted by molar-refractivity contribution is 5.79. The zero-order valence-corrected chi connectivity index (χ0v) is 10.2. The smallest absolute Gasteiger partial charge is 0.206 e. The van der Waals surface area contributed by atoms with Crippen molar-refractivity contribution >= 4 is 5.96 Å². The van der Waals surface area contributed by atoms with E-state index in [-0.39, 0.29) is 0 Å². The molecule has 0 amide bonds. The van der Waals surface area contributed by atoms with Crippen LogP contribution in [0, 0.1) is 0 Å². The Morgan fingerprint density at radius 1 is 1.44 bits per heavy atom. The van der Waals surface area contributed by atoms with E-state index in [1.807, 2.05) is 0 Å². The molecule has 2 rings (SSSR count). The fraction of sp³-hybridized carbons (Fsp3) is 0.909. The maximum atomic E-state index is 5.43. The van der Waals surface area contributed by atoms with Crippen LogP contribution in [0.4, 0.5) is 0 Å². The maximum Gasteiger partial charge on any atom is 0.206 e. The summed E-state index contributed by atoms with van der Waals surface area (Å²) in [5, 5.41) is 3.28. The highest BCUT2D eigenvalue weighted by Crippen LogP contribution is 2.26. The van der Waals surface area contributed by atoms with Gasteiger partial charge in [-0.05, 0) is 39.7 Å². The molecule has 2 saturated carbocycles. The number of nitrogens with one attached hydrogen (secondary N) is 2. The Morgan fingerprint density at radius 3 is 2.62 bits per heavy atom. The minimum absolute atomic E-state index is 0.483. The summed E-state index contributed by atoms with van der Waals surface area (Å²) in [5.74, 6) is 6.16. The van der Waals surface area contributed by atoms with Gasteiger partial charge in [0.2, 0.25) is 5.96 Å². The van der Waals surface area contributed by atoms with Crippen LogP contribution in [0.3, 0.4) is 0 Å². The SMILES string of the molecule is CC(CN=C(NN)NC1CC1)N(C)C1CC1. The topological polar surface area (TPSA) is 65.7 Å². The van der Waals surface area contributed by atoms with E-state index in [2.05, 4.69) is 34.6 Å². The molecule has 0 heterocycles. The van der Waals surface area contributed by atoms with Crippen molar-refractivity contribution in [1.82, 2.24) is 15.6 Å². The lowest BCUT2D eigenvalue weighted by Gasteiger charge is -2.23. The van der Waals surface area contributed by atoms with Crippen molar-refractivity contribution in [2.75, 3.05) is 13.6 Å². The Balaban J connectivity index is 1.75. The van der Waals surface area contributed by atoms with Gasteiger partial charge in [0.05, 0.1) is 6.54 Å². The molecule has 0 aromatic heterocycles. The van der Waals surface area contributed by atoms with Gasteiger partial charge in [-0.25, -0.2) is 5.84 Å². The molecule has 2 aliphatic carbocycles. The molecule has 4 N–H and O–H groups in total. The first-order chi connectivity index (χ1) is 7.70. The minimum Gasteiger partial charge on any atom is -0.353 e. The second-order valence-electron chi connectivity index (χ2n) is 5.00. The van der Waals surface area contributed by atoms with Crippen molar-refractivity contribution in [2.24, 2.45) is 10.8 Å². The van der Waals surface area contributed by atoms with Crippen LogP contribution in [0.5, 0.6) is 0 Å². The van der Waals surface area contributed by atoms with Gasteiger partial charge in [0.15, 0.2) is 0 Å². The molecule has 2 fully saturated rings. The number of hydrogen-bond acceptors (Lipinski definition) is 3. The third-order valence-electron chi connectivity index (χ3n) is 3.39. The number of rotatable bonds is 5. The zero-order chi connectivity index (χ0) is 11.5. The van der Waals surface area contributed by atoms with Gasteiger partial charge in [0.25, 0.3) is 0 Å². The Kier molecular flexibility index (Phi) is 3.66. The largest absolute Gasteiger partial charge is 0.353 e. The van der Waals surface area contributed by atoms with Gasteiger partial charge in [0.1, 0.15) is 0 Å². The summed E-state index contributed by atoms with van der Waals surface area (Å²) >= 11 is 0. The molecule has 1 unspecified atom stereocenters. The number of nitrogens with zero attached hydrogens (tertiary/aromatic N) is 2. The van der Waals surface area contributed by atoms with Crippen LogP contribution in [0.2, 0.25) is 0 Å². The van der Waals surface area contributed by atoms with E-state index in [1.54, 1.807) is 0 Å². The monoisotopic (exact) mass is 225 g/mol. The Hall–Kier alpha value is -0.810. The van der Waals surface area contributed by atoms with Crippen LogP contribution in [-0.4, -0.2) is 42.6 Å². The molecule has 0 radical (unpaired) electrons. The number of hydrogen-bond donors (Lipinski definition) is 3. The first-order valence-corrected chi connectivity index (χ1v) is 6.20. The van der Waals surface area contributed by atoms with Crippen LogP contribution >= 0.6 is 0 Å². The van der Waals surface area contributed by atoms with E-state index in [0.29, 0.717) is 12.1 Å².